The molecule has 1 aliphatic carbocycles. The molecule has 1 saturated carbocycles. The Hall–Kier alpha value is -2.55. The summed E-state index contributed by atoms with van der Waals surface area (Å²) in [5.41, 5.74) is 1.11. The van der Waals surface area contributed by atoms with E-state index >= 15 is 0 Å². The van der Waals surface area contributed by atoms with E-state index < -0.39 is 5.60 Å². The van der Waals surface area contributed by atoms with Gasteiger partial charge in [0.1, 0.15) is 11.4 Å². The van der Waals surface area contributed by atoms with Gasteiger partial charge in [-0.3, -0.25) is 4.90 Å². The molecule has 9 heteroatoms. The van der Waals surface area contributed by atoms with Crippen LogP contribution in [-0.2, 0) is 11.2 Å². The van der Waals surface area contributed by atoms with Crippen LogP contribution in [0, 0.1) is 0 Å². The smallest absolute Gasteiger partial charge is 0.410 e. The van der Waals surface area contributed by atoms with Gasteiger partial charge in [0.15, 0.2) is 5.13 Å². The molecular weight excluding hydrogens is 416 g/mol. The number of carbonyl (C=O) groups excluding carboxylic acids is 2. The van der Waals surface area contributed by atoms with Crippen molar-refractivity contribution in [2.45, 2.75) is 69.7 Å². The van der Waals surface area contributed by atoms with Crippen molar-refractivity contribution in [2.75, 3.05) is 18.1 Å². The largest absolute Gasteiger partial charge is 0.493 e. The van der Waals surface area contributed by atoms with Gasteiger partial charge in [-0.25, -0.2) is 14.6 Å². The molecule has 1 N–H and O–H groups in total. The lowest BCUT2D eigenvalue weighted by Crippen LogP contribution is -2.63. The zero-order chi connectivity index (χ0) is 21.5. The first-order chi connectivity index (χ1) is 14.8. The second-order valence-electron chi connectivity index (χ2n) is 9.88. The van der Waals surface area contributed by atoms with E-state index in [1.54, 1.807) is 4.90 Å². The number of aromatic nitrogens is 1. The van der Waals surface area contributed by atoms with Crippen LogP contribution in [0.2, 0.25) is 0 Å². The summed E-state index contributed by atoms with van der Waals surface area (Å²) in [7, 11) is 0. The molecule has 0 radical (unpaired) electrons. The van der Waals surface area contributed by atoms with Gasteiger partial charge < -0.3 is 19.7 Å². The number of carbonyl (C=O) groups is 2. The number of likely N-dealkylation sites (tertiary alicyclic amines) is 1. The minimum Gasteiger partial charge on any atom is -0.493 e. The van der Waals surface area contributed by atoms with E-state index in [-0.39, 0.29) is 29.7 Å². The molecule has 4 heterocycles. The van der Waals surface area contributed by atoms with Gasteiger partial charge in [-0.1, -0.05) is 11.3 Å². The molecule has 1 spiro atoms. The van der Waals surface area contributed by atoms with Crippen LogP contribution in [0.15, 0.2) is 12.1 Å². The first-order valence-electron chi connectivity index (χ1n) is 10.9. The third-order valence-electron chi connectivity index (χ3n) is 6.74. The molecule has 0 unspecified atom stereocenters. The maximum absolute atomic E-state index is 13.1. The minimum atomic E-state index is -0.553. The highest BCUT2D eigenvalue weighted by atomic mass is 32.1. The molecular formula is C22H26N4O4S. The highest BCUT2D eigenvalue weighted by Crippen LogP contribution is 2.53. The molecule has 0 bridgehead atoms. The van der Waals surface area contributed by atoms with Crippen LogP contribution >= 0.6 is 11.3 Å². The van der Waals surface area contributed by atoms with E-state index in [4.69, 9.17) is 14.5 Å². The Morgan fingerprint density at radius 3 is 2.90 bits per heavy atom. The molecule has 2 atom stereocenters. The van der Waals surface area contributed by atoms with Crippen LogP contribution in [0.3, 0.4) is 0 Å². The van der Waals surface area contributed by atoms with Crippen LogP contribution in [0.25, 0.3) is 10.2 Å². The summed E-state index contributed by atoms with van der Waals surface area (Å²) in [5, 5.41) is 3.85. The molecule has 6 rings (SSSR count). The molecule has 3 aliphatic heterocycles. The number of amides is 3. The number of thiazole rings is 1. The lowest BCUT2D eigenvalue weighted by Gasteiger charge is -2.45. The maximum Gasteiger partial charge on any atom is 0.410 e. The van der Waals surface area contributed by atoms with Crippen LogP contribution in [0.4, 0.5) is 14.7 Å². The third-order valence-corrected chi connectivity index (χ3v) is 7.76. The van der Waals surface area contributed by atoms with Crippen molar-refractivity contribution in [2.24, 2.45) is 0 Å². The topological polar surface area (TPSA) is 84.0 Å². The van der Waals surface area contributed by atoms with Gasteiger partial charge in [-0.05, 0) is 52.2 Å². The molecule has 4 aliphatic rings. The van der Waals surface area contributed by atoms with Crippen molar-refractivity contribution in [3.63, 3.8) is 0 Å². The Kier molecular flexibility index (Phi) is 3.86. The van der Waals surface area contributed by atoms with Gasteiger partial charge in [0.25, 0.3) is 0 Å². The van der Waals surface area contributed by atoms with Crippen LogP contribution in [0.1, 0.15) is 45.6 Å². The Morgan fingerprint density at radius 2 is 2.16 bits per heavy atom. The Morgan fingerprint density at radius 1 is 1.35 bits per heavy atom. The number of hydrogen-bond acceptors (Lipinski definition) is 6. The molecule has 2 saturated heterocycles. The van der Waals surface area contributed by atoms with Crippen molar-refractivity contribution in [1.82, 2.24) is 15.2 Å². The van der Waals surface area contributed by atoms with Gasteiger partial charge >= 0.3 is 12.1 Å². The fourth-order valence-corrected chi connectivity index (χ4v) is 6.39. The number of rotatable bonds is 1. The average Bonchev–Trinajstić information content (AvgIpc) is 3.06. The van der Waals surface area contributed by atoms with E-state index in [2.05, 4.69) is 5.32 Å². The number of benzene rings is 1. The molecule has 1 aromatic heterocycles. The van der Waals surface area contributed by atoms with Crippen molar-refractivity contribution >= 4 is 38.8 Å². The Balaban J connectivity index is 1.38. The summed E-state index contributed by atoms with van der Waals surface area (Å²) in [5.74, 6) is 0.889. The molecule has 8 nitrogen and oxygen atoms in total. The summed E-state index contributed by atoms with van der Waals surface area (Å²) in [6, 6.07) is 3.76. The Bertz CT molecular complexity index is 1100. The second kappa shape index (κ2) is 6.25. The molecule has 3 fully saturated rings. The van der Waals surface area contributed by atoms with Gasteiger partial charge in [-0.15, -0.1) is 0 Å². The van der Waals surface area contributed by atoms with Gasteiger partial charge in [0.05, 0.1) is 34.4 Å². The van der Waals surface area contributed by atoms with Gasteiger partial charge in [0, 0.05) is 18.5 Å². The van der Waals surface area contributed by atoms with Crippen LogP contribution in [0.5, 0.6) is 5.75 Å². The standard InChI is InChI=1S/C22H26N4O4S/c1-21(2,3)30-20(28)25-10-6-13-17(22(25)8-9-22)26(18(27)23-13)19-24-16-12-7-11-29-14(12)4-5-15(16)31-19/h4-5,13,17H,6-11H2,1-3H3,(H,23,27)/t13-,17+/m1/s1. The van der Waals surface area contributed by atoms with E-state index in [1.165, 1.54) is 11.3 Å². The average molecular weight is 443 g/mol. The summed E-state index contributed by atoms with van der Waals surface area (Å²) < 4.78 is 12.4. The second-order valence-corrected chi connectivity index (χ2v) is 10.9. The number of urea groups is 1. The number of nitrogens with one attached hydrogen (secondary N) is 1. The van der Waals surface area contributed by atoms with Gasteiger partial charge in [0.2, 0.25) is 0 Å². The fourth-order valence-electron chi connectivity index (χ4n) is 5.36. The molecule has 2 aromatic rings. The Labute approximate surface area is 184 Å². The zero-order valence-electron chi connectivity index (χ0n) is 17.9. The quantitative estimate of drug-likeness (QED) is 0.729. The summed E-state index contributed by atoms with van der Waals surface area (Å²) >= 11 is 1.53. The highest BCUT2D eigenvalue weighted by molar-refractivity contribution is 7.22. The highest BCUT2D eigenvalue weighted by Gasteiger charge is 2.66. The van der Waals surface area contributed by atoms with Crippen molar-refractivity contribution in [3.05, 3.63) is 17.7 Å². The van der Waals surface area contributed by atoms with Crippen molar-refractivity contribution < 1.29 is 19.1 Å². The first kappa shape index (κ1) is 19.2. The zero-order valence-corrected chi connectivity index (χ0v) is 18.8. The predicted octanol–water partition coefficient (Wildman–Crippen LogP) is 3.67. The molecule has 164 valence electrons. The van der Waals surface area contributed by atoms with Gasteiger partial charge in [-0.2, -0.15) is 0 Å². The number of piperidine rings is 1. The van der Waals surface area contributed by atoms with Crippen LogP contribution < -0.4 is 15.0 Å². The summed E-state index contributed by atoms with van der Waals surface area (Å²) in [4.78, 5) is 34.7. The van der Waals surface area contributed by atoms with E-state index in [1.807, 2.05) is 37.8 Å². The molecule has 31 heavy (non-hydrogen) atoms. The number of ether oxygens (including phenoxy) is 2. The van der Waals surface area contributed by atoms with E-state index in [0.717, 1.165) is 40.8 Å². The molecule has 1 aromatic carbocycles. The van der Waals surface area contributed by atoms with Crippen LogP contribution in [-0.4, -0.2) is 58.4 Å². The lowest BCUT2D eigenvalue weighted by atomic mass is 9.89. The van der Waals surface area contributed by atoms with Crippen molar-refractivity contribution in [1.29, 1.82) is 0 Å². The fraction of sp³-hybridized carbons (Fsp3) is 0.591. The van der Waals surface area contributed by atoms with E-state index in [0.29, 0.717) is 24.7 Å². The number of hydrogen-bond donors (Lipinski definition) is 1. The number of nitrogens with zero attached hydrogens (tertiary/aromatic N) is 3. The molecule has 3 amide bonds. The SMILES string of the molecule is CC(C)(C)OC(=O)N1CC[C@H]2NC(=O)N(c3nc4c5c(ccc4s3)OCC5)[C@@H]2C12CC2. The maximum atomic E-state index is 13.1. The summed E-state index contributed by atoms with van der Waals surface area (Å²) in [6.07, 6.45) is 2.99. The lowest BCUT2D eigenvalue weighted by molar-refractivity contribution is 0.000830. The summed E-state index contributed by atoms with van der Waals surface area (Å²) in [6.45, 7) is 6.91. The number of anilines is 1. The van der Waals surface area contributed by atoms with E-state index in [9.17, 15) is 9.59 Å². The van der Waals surface area contributed by atoms with Crippen molar-refractivity contribution in [3.8, 4) is 5.75 Å². The monoisotopic (exact) mass is 442 g/mol. The third kappa shape index (κ3) is 2.82. The number of fused-ring (bicyclic) bond motifs is 5. The minimum absolute atomic E-state index is 0.00903. The normalized spacial score (nSPS) is 26.0. The first-order valence-corrected chi connectivity index (χ1v) is 11.7. The predicted molar refractivity (Wildman–Crippen MR) is 117 cm³/mol.